The lowest BCUT2D eigenvalue weighted by atomic mass is 9.67. The molecule has 2 bridgehead atoms. The van der Waals surface area contributed by atoms with Crippen molar-refractivity contribution in [2.75, 3.05) is 0 Å². The number of carbonyl (C=O) groups excluding carboxylic acids is 1. The lowest BCUT2D eigenvalue weighted by molar-refractivity contribution is -0.186. The van der Waals surface area contributed by atoms with E-state index in [0.717, 1.165) is 12.3 Å². The highest BCUT2D eigenvalue weighted by Crippen LogP contribution is 2.74. The topological polar surface area (TPSA) is 26.3 Å². The van der Waals surface area contributed by atoms with Crippen LogP contribution in [0.5, 0.6) is 0 Å². The van der Waals surface area contributed by atoms with E-state index < -0.39 is 0 Å². The van der Waals surface area contributed by atoms with Gasteiger partial charge in [0.15, 0.2) is 0 Å². The highest BCUT2D eigenvalue weighted by atomic mass is 16.6. The summed E-state index contributed by atoms with van der Waals surface area (Å²) < 4.78 is 6.34. The van der Waals surface area contributed by atoms with E-state index in [-0.39, 0.29) is 22.9 Å². The monoisotopic (exact) mass is 320 g/mol. The van der Waals surface area contributed by atoms with Crippen LogP contribution in [0.2, 0.25) is 0 Å². The number of rotatable bonds is 4. The summed E-state index contributed by atoms with van der Waals surface area (Å²) in [6.45, 7) is 15.5. The lowest BCUT2D eigenvalue weighted by Gasteiger charge is -2.47. The fraction of sp³-hybridized carbons (Fsp3) is 0.952. The zero-order valence-corrected chi connectivity index (χ0v) is 16.2. The minimum absolute atomic E-state index is 0.00153. The first-order chi connectivity index (χ1) is 10.5. The van der Waals surface area contributed by atoms with E-state index in [2.05, 4.69) is 48.5 Å². The predicted molar refractivity (Wildman–Crippen MR) is 93.9 cm³/mol. The minimum atomic E-state index is -0.240. The van der Waals surface area contributed by atoms with Gasteiger partial charge in [0, 0.05) is 0 Å². The molecule has 1 spiro atoms. The van der Waals surface area contributed by atoms with E-state index in [9.17, 15) is 4.79 Å². The van der Waals surface area contributed by atoms with E-state index in [4.69, 9.17) is 4.74 Å². The van der Waals surface area contributed by atoms with Crippen LogP contribution in [-0.2, 0) is 9.53 Å². The van der Waals surface area contributed by atoms with Gasteiger partial charge in [0.1, 0.15) is 5.60 Å². The van der Waals surface area contributed by atoms with Crippen LogP contribution < -0.4 is 0 Å². The van der Waals surface area contributed by atoms with Crippen LogP contribution in [0.3, 0.4) is 0 Å². The second-order valence-corrected chi connectivity index (χ2v) is 10.7. The molecule has 3 saturated carbocycles. The van der Waals surface area contributed by atoms with Crippen LogP contribution in [0.4, 0.5) is 0 Å². The Kier molecular flexibility index (Phi) is 3.93. The van der Waals surface area contributed by atoms with Crippen LogP contribution in [0.15, 0.2) is 0 Å². The number of hydrogen-bond donors (Lipinski definition) is 0. The molecule has 0 aromatic carbocycles. The maximum absolute atomic E-state index is 13.1. The Morgan fingerprint density at radius 1 is 1.17 bits per heavy atom. The van der Waals surface area contributed by atoms with E-state index in [0.29, 0.717) is 23.2 Å². The molecule has 0 aliphatic heterocycles. The third-order valence-corrected chi connectivity index (χ3v) is 7.44. The third kappa shape index (κ3) is 2.85. The Morgan fingerprint density at radius 2 is 1.78 bits per heavy atom. The van der Waals surface area contributed by atoms with Gasteiger partial charge in [-0.3, -0.25) is 4.79 Å². The van der Waals surface area contributed by atoms with Crippen molar-refractivity contribution in [1.29, 1.82) is 0 Å². The number of ether oxygens (including phenoxy) is 1. The molecular weight excluding hydrogens is 284 g/mol. The fourth-order valence-electron chi connectivity index (χ4n) is 5.66. The quantitative estimate of drug-likeness (QED) is 0.644. The van der Waals surface area contributed by atoms with Crippen molar-refractivity contribution >= 4 is 5.97 Å². The zero-order chi connectivity index (χ0) is 17.2. The molecule has 3 aliphatic carbocycles. The third-order valence-electron chi connectivity index (χ3n) is 7.44. The van der Waals surface area contributed by atoms with Gasteiger partial charge in [0.05, 0.1) is 5.92 Å². The van der Waals surface area contributed by atoms with Gasteiger partial charge in [0.25, 0.3) is 0 Å². The minimum Gasteiger partial charge on any atom is -0.459 e. The molecule has 3 aliphatic rings. The first-order valence-corrected chi connectivity index (χ1v) is 9.71. The molecule has 0 aromatic rings. The molecule has 3 rings (SSSR count). The summed E-state index contributed by atoms with van der Waals surface area (Å²) in [6, 6.07) is 0. The Labute approximate surface area is 142 Å². The SMILES string of the molecule is CC(C)CC(C(=O)OC1(C)C(C)CC23CC2CC1C3)C(C)(C)C. The number of fused-ring (bicyclic) bond motifs is 1. The molecule has 2 heteroatoms. The molecule has 0 amide bonds. The summed E-state index contributed by atoms with van der Waals surface area (Å²) in [7, 11) is 0. The van der Waals surface area contributed by atoms with E-state index >= 15 is 0 Å². The summed E-state index contributed by atoms with van der Waals surface area (Å²) in [6.07, 6.45) is 6.22. The Bertz CT molecular complexity index is 489. The van der Waals surface area contributed by atoms with Crippen molar-refractivity contribution in [2.45, 2.75) is 86.2 Å². The van der Waals surface area contributed by atoms with Crippen molar-refractivity contribution in [1.82, 2.24) is 0 Å². The molecule has 6 atom stereocenters. The molecule has 0 N–H and O–H groups in total. The summed E-state index contributed by atoms with van der Waals surface area (Å²) >= 11 is 0. The highest BCUT2D eigenvalue weighted by molar-refractivity contribution is 5.74. The highest BCUT2D eigenvalue weighted by Gasteiger charge is 2.68. The smallest absolute Gasteiger partial charge is 0.310 e. The summed E-state index contributed by atoms with van der Waals surface area (Å²) in [4.78, 5) is 13.1. The first-order valence-electron chi connectivity index (χ1n) is 9.71. The molecule has 2 nitrogen and oxygen atoms in total. The van der Waals surface area contributed by atoms with Gasteiger partial charge in [-0.2, -0.15) is 0 Å². The molecule has 0 heterocycles. The normalized spacial score (nSPS) is 43.2. The Hall–Kier alpha value is -0.530. The zero-order valence-electron chi connectivity index (χ0n) is 16.2. The second kappa shape index (κ2) is 5.23. The number of esters is 1. The van der Waals surface area contributed by atoms with Crippen LogP contribution in [0.1, 0.15) is 80.6 Å². The molecule has 23 heavy (non-hydrogen) atoms. The average molecular weight is 321 g/mol. The first kappa shape index (κ1) is 17.3. The van der Waals surface area contributed by atoms with Gasteiger partial charge in [-0.1, -0.05) is 41.5 Å². The van der Waals surface area contributed by atoms with Crippen molar-refractivity contribution < 1.29 is 9.53 Å². The largest absolute Gasteiger partial charge is 0.459 e. The maximum Gasteiger partial charge on any atom is 0.310 e. The lowest BCUT2D eigenvalue weighted by Crippen LogP contribution is -2.50. The standard InChI is InChI=1S/C21H36O2/c1-13(2)8-17(19(4,5)6)18(22)23-20(7)14(3)10-21-11-15(20)9-16(21)12-21/h13-17H,8-12H2,1-7H3. The van der Waals surface area contributed by atoms with Crippen LogP contribution in [0, 0.1) is 40.4 Å². The van der Waals surface area contributed by atoms with Gasteiger partial charge < -0.3 is 4.74 Å². The van der Waals surface area contributed by atoms with Crippen LogP contribution >= 0.6 is 0 Å². The molecule has 132 valence electrons. The summed E-state index contributed by atoms with van der Waals surface area (Å²) in [5.74, 6) is 2.59. The Balaban J connectivity index is 1.75. The maximum atomic E-state index is 13.1. The molecular formula is C21H36O2. The van der Waals surface area contributed by atoms with Gasteiger partial charge in [-0.15, -0.1) is 0 Å². The average Bonchev–Trinajstić information content (AvgIpc) is 2.94. The number of hydrogen-bond acceptors (Lipinski definition) is 2. The van der Waals surface area contributed by atoms with Gasteiger partial charge in [-0.05, 0) is 73.5 Å². The van der Waals surface area contributed by atoms with Gasteiger partial charge in [-0.25, -0.2) is 0 Å². The van der Waals surface area contributed by atoms with Gasteiger partial charge >= 0.3 is 5.97 Å². The molecule has 6 unspecified atom stereocenters. The van der Waals surface area contributed by atoms with Crippen molar-refractivity contribution in [2.24, 2.45) is 40.4 Å². The molecule has 0 aromatic heterocycles. The van der Waals surface area contributed by atoms with Crippen molar-refractivity contribution in [3.63, 3.8) is 0 Å². The molecule has 0 radical (unpaired) electrons. The Morgan fingerprint density at radius 3 is 2.35 bits per heavy atom. The van der Waals surface area contributed by atoms with Gasteiger partial charge in [0.2, 0.25) is 0 Å². The summed E-state index contributed by atoms with van der Waals surface area (Å²) in [5, 5.41) is 0. The van der Waals surface area contributed by atoms with Crippen LogP contribution in [0.25, 0.3) is 0 Å². The predicted octanol–water partition coefficient (Wildman–Crippen LogP) is 5.45. The van der Waals surface area contributed by atoms with Crippen molar-refractivity contribution in [3.05, 3.63) is 0 Å². The van der Waals surface area contributed by atoms with Crippen molar-refractivity contribution in [3.8, 4) is 0 Å². The van der Waals surface area contributed by atoms with E-state index in [1.807, 2.05) is 0 Å². The fourth-order valence-corrected chi connectivity index (χ4v) is 5.66. The molecule has 0 saturated heterocycles. The summed E-state index contributed by atoms with van der Waals surface area (Å²) in [5.41, 5.74) is 0.377. The van der Waals surface area contributed by atoms with Crippen LogP contribution in [-0.4, -0.2) is 11.6 Å². The second-order valence-electron chi connectivity index (χ2n) is 10.7. The van der Waals surface area contributed by atoms with E-state index in [1.165, 1.54) is 25.7 Å². The van der Waals surface area contributed by atoms with E-state index in [1.54, 1.807) is 0 Å². The number of carbonyl (C=O) groups is 1. The molecule has 3 fully saturated rings.